The van der Waals surface area contributed by atoms with E-state index in [9.17, 15) is 13.2 Å². The van der Waals surface area contributed by atoms with Gasteiger partial charge in [0.05, 0.1) is 19.1 Å². The summed E-state index contributed by atoms with van der Waals surface area (Å²) in [6.07, 6.45) is 1.35. The van der Waals surface area contributed by atoms with Gasteiger partial charge in [0.15, 0.2) is 0 Å². The molecule has 0 radical (unpaired) electrons. The predicted molar refractivity (Wildman–Crippen MR) is 118 cm³/mol. The fourth-order valence-corrected chi connectivity index (χ4v) is 4.91. The third-order valence-corrected chi connectivity index (χ3v) is 6.40. The smallest absolute Gasteiger partial charge is 0.250 e. The van der Waals surface area contributed by atoms with E-state index in [2.05, 4.69) is 15.5 Å². The van der Waals surface area contributed by atoms with E-state index < -0.39 is 22.0 Å². The van der Waals surface area contributed by atoms with Crippen LogP contribution in [0.15, 0.2) is 54.6 Å². The molecule has 0 aliphatic carbocycles. The van der Waals surface area contributed by atoms with Gasteiger partial charge in [0.25, 0.3) is 0 Å². The quantitative estimate of drug-likeness (QED) is 0.569. The summed E-state index contributed by atoms with van der Waals surface area (Å²) in [5, 5.41) is 11.8. The highest BCUT2D eigenvalue weighted by Crippen LogP contribution is 2.28. The minimum Gasteiger partial charge on any atom is -0.497 e. The monoisotopic (exact) mass is 446 g/mol. The molecule has 1 atom stereocenters. The van der Waals surface area contributed by atoms with Gasteiger partial charge in [-0.15, -0.1) is 10.2 Å². The van der Waals surface area contributed by atoms with Gasteiger partial charge in [-0.2, -0.15) is 0 Å². The van der Waals surface area contributed by atoms with Crippen LogP contribution in [0, 0.1) is 0 Å². The second-order valence-electron chi connectivity index (χ2n) is 6.45. The van der Waals surface area contributed by atoms with E-state index >= 15 is 0 Å². The molecule has 3 aromatic rings. The van der Waals surface area contributed by atoms with Gasteiger partial charge in [-0.25, -0.2) is 8.42 Å². The molecule has 10 heteroatoms. The minimum absolute atomic E-state index is 0.273. The largest absolute Gasteiger partial charge is 0.497 e. The SMILES string of the molecule is CC[C@@H](C(=O)Nc1nnc(-c2ccccc2)s1)N(c1ccc(OC)cc1)S(C)(=O)=O. The fourth-order valence-electron chi connectivity index (χ4n) is 2.95. The highest BCUT2D eigenvalue weighted by molar-refractivity contribution is 7.92. The van der Waals surface area contributed by atoms with Crippen LogP contribution in [0.25, 0.3) is 10.6 Å². The normalized spacial score (nSPS) is 12.2. The van der Waals surface area contributed by atoms with Crippen LogP contribution >= 0.6 is 11.3 Å². The lowest BCUT2D eigenvalue weighted by molar-refractivity contribution is -0.117. The zero-order valence-electron chi connectivity index (χ0n) is 16.8. The maximum absolute atomic E-state index is 13.0. The molecule has 1 aromatic heterocycles. The highest BCUT2D eigenvalue weighted by atomic mass is 32.2. The Kier molecular flexibility index (Phi) is 6.68. The maximum atomic E-state index is 13.0. The molecule has 8 nitrogen and oxygen atoms in total. The number of nitrogens with zero attached hydrogens (tertiary/aromatic N) is 3. The zero-order chi connectivity index (χ0) is 21.7. The second-order valence-corrected chi connectivity index (χ2v) is 9.29. The summed E-state index contributed by atoms with van der Waals surface area (Å²) in [5.74, 6) is 0.113. The number of nitrogens with one attached hydrogen (secondary N) is 1. The van der Waals surface area contributed by atoms with Gasteiger partial charge in [0, 0.05) is 5.56 Å². The Morgan fingerprint density at radius 1 is 1.13 bits per heavy atom. The number of anilines is 2. The average Bonchev–Trinajstić information content (AvgIpc) is 3.20. The molecule has 158 valence electrons. The summed E-state index contributed by atoms with van der Waals surface area (Å²) in [7, 11) is -2.20. The van der Waals surface area contributed by atoms with Gasteiger partial charge < -0.3 is 4.74 Å². The molecule has 1 heterocycles. The summed E-state index contributed by atoms with van der Waals surface area (Å²) < 4.78 is 31.3. The van der Waals surface area contributed by atoms with Crippen LogP contribution in [0.1, 0.15) is 13.3 Å². The van der Waals surface area contributed by atoms with Crippen molar-refractivity contribution in [3.63, 3.8) is 0 Å². The first-order valence-corrected chi connectivity index (χ1v) is 11.8. The number of benzene rings is 2. The van der Waals surface area contributed by atoms with Crippen molar-refractivity contribution in [1.82, 2.24) is 10.2 Å². The van der Waals surface area contributed by atoms with Crippen molar-refractivity contribution in [3.8, 4) is 16.3 Å². The fraction of sp³-hybridized carbons (Fsp3) is 0.250. The first kappa shape index (κ1) is 21.7. The van der Waals surface area contributed by atoms with Crippen LogP contribution in [-0.2, 0) is 14.8 Å². The lowest BCUT2D eigenvalue weighted by Crippen LogP contribution is -2.46. The molecule has 0 fully saturated rings. The Bertz CT molecular complexity index is 1100. The van der Waals surface area contributed by atoms with Gasteiger partial charge >= 0.3 is 0 Å². The molecule has 1 N–H and O–H groups in total. The Labute approximate surface area is 179 Å². The molecule has 1 amide bonds. The summed E-state index contributed by atoms with van der Waals surface area (Å²) in [5.41, 5.74) is 1.26. The van der Waals surface area contributed by atoms with Crippen molar-refractivity contribution in [2.45, 2.75) is 19.4 Å². The van der Waals surface area contributed by atoms with Crippen LogP contribution in [0.2, 0.25) is 0 Å². The van der Waals surface area contributed by atoms with Gasteiger partial charge in [-0.1, -0.05) is 48.6 Å². The number of sulfonamides is 1. The summed E-state index contributed by atoms with van der Waals surface area (Å²) >= 11 is 1.22. The number of amides is 1. The number of rotatable bonds is 8. The second kappa shape index (κ2) is 9.23. The van der Waals surface area contributed by atoms with Crippen LogP contribution < -0.4 is 14.4 Å². The van der Waals surface area contributed by atoms with Crippen molar-refractivity contribution in [2.75, 3.05) is 23.0 Å². The number of hydrogen-bond donors (Lipinski definition) is 1. The van der Waals surface area contributed by atoms with E-state index in [-0.39, 0.29) is 6.42 Å². The van der Waals surface area contributed by atoms with Crippen molar-refractivity contribution in [2.24, 2.45) is 0 Å². The summed E-state index contributed by atoms with van der Waals surface area (Å²) in [6.45, 7) is 1.75. The molecular weight excluding hydrogens is 424 g/mol. The highest BCUT2D eigenvalue weighted by Gasteiger charge is 2.32. The Morgan fingerprint density at radius 2 is 1.80 bits per heavy atom. The lowest BCUT2D eigenvalue weighted by atomic mass is 10.2. The molecule has 0 aliphatic heterocycles. The predicted octanol–water partition coefficient (Wildman–Crippen LogP) is 3.40. The first-order chi connectivity index (χ1) is 14.3. The van der Waals surface area contributed by atoms with Gasteiger partial charge in [0.1, 0.15) is 16.8 Å². The number of ether oxygens (including phenoxy) is 1. The summed E-state index contributed by atoms with van der Waals surface area (Å²) in [6, 6.07) is 15.0. The molecule has 3 rings (SSSR count). The Morgan fingerprint density at radius 3 is 2.37 bits per heavy atom. The number of carbonyl (C=O) groups is 1. The molecule has 30 heavy (non-hydrogen) atoms. The van der Waals surface area contributed by atoms with Gasteiger partial charge in [-0.05, 0) is 30.7 Å². The Hall–Kier alpha value is -2.98. The van der Waals surface area contributed by atoms with E-state index in [0.717, 1.165) is 16.1 Å². The van der Waals surface area contributed by atoms with E-state index in [4.69, 9.17) is 4.74 Å². The van der Waals surface area contributed by atoms with E-state index in [1.54, 1.807) is 31.2 Å². The molecule has 0 aliphatic rings. The zero-order valence-corrected chi connectivity index (χ0v) is 18.4. The van der Waals surface area contributed by atoms with Crippen LogP contribution in [-0.4, -0.2) is 43.9 Å². The van der Waals surface area contributed by atoms with Crippen molar-refractivity contribution < 1.29 is 17.9 Å². The number of aromatic nitrogens is 2. The third-order valence-electron chi connectivity index (χ3n) is 4.33. The summed E-state index contributed by atoms with van der Waals surface area (Å²) in [4.78, 5) is 13.0. The molecule has 0 spiro atoms. The van der Waals surface area contributed by atoms with Gasteiger partial charge in [0.2, 0.25) is 21.1 Å². The van der Waals surface area contributed by atoms with Crippen LogP contribution in [0.4, 0.5) is 10.8 Å². The van der Waals surface area contributed by atoms with E-state index in [1.165, 1.54) is 18.4 Å². The van der Waals surface area contributed by atoms with E-state index in [0.29, 0.717) is 21.6 Å². The van der Waals surface area contributed by atoms with Gasteiger partial charge in [-0.3, -0.25) is 14.4 Å². The Balaban J connectivity index is 1.85. The average molecular weight is 447 g/mol. The van der Waals surface area contributed by atoms with Crippen molar-refractivity contribution in [3.05, 3.63) is 54.6 Å². The number of methoxy groups -OCH3 is 1. The van der Waals surface area contributed by atoms with Crippen LogP contribution in [0.5, 0.6) is 5.75 Å². The topological polar surface area (TPSA) is 101 Å². The number of carbonyl (C=O) groups excluding carboxylic acids is 1. The molecule has 2 aromatic carbocycles. The number of hydrogen-bond acceptors (Lipinski definition) is 7. The standard InChI is InChI=1S/C20H22N4O4S2/c1-4-17(24(30(3,26)27)15-10-12-16(28-2)13-11-15)18(25)21-20-23-22-19(29-20)14-8-6-5-7-9-14/h5-13,17H,4H2,1-3H3,(H,21,23,25)/t17-/m0/s1. The molecule has 0 bridgehead atoms. The molecule has 0 saturated heterocycles. The first-order valence-electron chi connectivity index (χ1n) is 9.16. The maximum Gasteiger partial charge on any atom is 0.250 e. The molecule has 0 unspecified atom stereocenters. The third kappa shape index (κ3) is 4.95. The van der Waals surface area contributed by atoms with E-state index in [1.807, 2.05) is 30.3 Å². The lowest BCUT2D eigenvalue weighted by Gasteiger charge is -2.29. The molecule has 0 saturated carbocycles. The van der Waals surface area contributed by atoms with Crippen molar-refractivity contribution in [1.29, 1.82) is 0 Å². The van der Waals surface area contributed by atoms with Crippen LogP contribution in [0.3, 0.4) is 0 Å². The molecular formula is C20H22N4O4S2. The minimum atomic E-state index is -3.72. The van der Waals surface area contributed by atoms with Crippen molar-refractivity contribution >= 4 is 38.1 Å².